The van der Waals surface area contributed by atoms with Gasteiger partial charge in [0.15, 0.2) is 0 Å². The summed E-state index contributed by atoms with van der Waals surface area (Å²) >= 11 is 5.93. The average molecular weight is 329 g/mol. The number of nitrogens with one attached hydrogen (secondary N) is 2. The molecule has 0 saturated heterocycles. The number of benzene rings is 1. The highest BCUT2D eigenvalue weighted by Crippen LogP contribution is 2.23. The van der Waals surface area contributed by atoms with E-state index >= 15 is 0 Å². The Labute approximate surface area is 135 Å². The zero-order valence-electron chi connectivity index (χ0n) is 12.4. The lowest BCUT2D eigenvalue weighted by molar-refractivity contribution is 0.101. The number of carbonyl (C=O) groups excluding carboxylic acids is 1. The zero-order valence-corrected chi connectivity index (χ0v) is 13.2. The molecule has 0 aliphatic heterocycles. The van der Waals surface area contributed by atoms with Gasteiger partial charge in [-0.3, -0.25) is 0 Å². The van der Waals surface area contributed by atoms with E-state index < -0.39 is 0 Å². The molecule has 1 aromatic carbocycles. The lowest BCUT2D eigenvalue weighted by Crippen LogP contribution is -2.40. The van der Waals surface area contributed by atoms with Gasteiger partial charge in [0.2, 0.25) is 0 Å². The minimum Gasteiger partial charge on any atom is -0.393 e. The molecule has 0 unspecified atom stereocenters. The van der Waals surface area contributed by atoms with Crippen LogP contribution < -0.4 is 10.6 Å². The Hall–Kier alpha value is -1.33. The fourth-order valence-electron chi connectivity index (χ4n) is 2.82. The van der Waals surface area contributed by atoms with Crippen LogP contribution in [0.25, 0.3) is 0 Å². The van der Waals surface area contributed by atoms with Crippen molar-refractivity contribution in [2.75, 3.05) is 13.1 Å². The third kappa shape index (κ3) is 5.14. The maximum atomic E-state index is 13.6. The van der Waals surface area contributed by atoms with Gasteiger partial charge in [-0.05, 0) is 43.7 Å². The molecule has 1 fully saturated rings. The van der Waals surface area contributed by atoms with E-state index in [0.717, 1.165) is 25.7 Å². The van der Waals surface area contributed by atoms with Crippen molar-refractivity contribution < 1.29 is 14.3 Å². The number of aliphatic hydroxyl groups is 1. The first kappa shape index (κ1) is 17.0. The van der Waals surface area contributed by atoms with Crippen LogP contribution in [0.15, 0.2) is 18.2 Å². The number of carbonyl (C=O) groups is 1. The second-order valence-electron chi connectivity index (χ2n) is 5.77. The van der Waals surface area contributed by atoms with Crippen molar-refractivity contribution in [2.24, 2.45) is 5.92 Å². The Morgan fingerprint density at radius 1 is 1.36 bits per heavy atom. The number of amides is 2. The normalized spacial score (nSPS) is 21.4. The summed E-state index contributed by atoms with van der Waals surface area (Å²) in [4.78, 5) is 11.7. The number of hydrogen-bond acceptors (Lipinski definition) is 2. The minimum atomic E-state index is -0.356. The van der Waals surface area contributed by atoms with Gasteiger partial charge in [0, 0.05) is 23.7 Å². The molecule has 122 valence electrons. The summed E-state index contributed by atoms with van der Waals surface area (Å²) in [6, 6.07) is 4.27. The van der Waals surface area contributed by atoms with E-state index in [1.54, 1.807) is 12.1 Å². The highest BCUT2D eigenvalue weighted by atomic mass is 35.5. The number of rotatable bonds is 5. The van der Waals surface area contributed by atoms with Crippen LogP contribution in [-0.4, -0.2) is 30.3 Å². The molecule has 2 rings (SSSR count). The molecule has 0 radical (unpaired) electrons. The van der Waals surface area contributed by atoms with E-state index in [1.807, 2.05) is 0 Å². The van der Waals surface area contributed by atoms with E-state index in [0.29, 0.717) is 36.0 Å². The van der Waals surface area contributed by atoms with Crippen molar-refractivity contribution >= 4 is 17.6 Å². The Kier molecular flexibility index (Phi) is 6.46. The molecule has 0 heterocycles. The van der Waals surface area contributed by atoms with Crippen LogP contribution >= 0.6 is 11.6 Å². The van der Waals surface area contributed by atoms with Crippen LogP contribution in [0.1, 0.15) is 31.2 Å². The molecule has 1 aromatic rings. The Bertz CT molecular complexity index is 493. The van der Waals surface area contributed by atoms with E-state index in [2.05, 4.69) is 10.6 Å². The number of hydrogen-bond donors (Lipinski definition) is 3. The molecular formula is C16H22ClFN2O2. The van der Waals surface area contributed by atoms with Gasteiger partial charge in [-0.15, -0.1) is 0 Å². The smallest absolute Gasteiger partial charge is 0.314 e. The molecule has 3 N–H and O–H groups in total. The maximum Gasteiger partial charge on any atom is 0.314 e. The summed E-state index contributed by atoms with van der Waals surface area (Å²) in [6.45, 7) is 0.878. The first-order valence-corrected chi connectivity index (χ1v) is 8.06. The predicted octanol–water partition coefficient (Wildman–Crippen LogP) is 2.87. The van der Waals surface area contributed by atoms with Gasteiger partial charge < -0.3 is 15.7 Å². The monoisotopic (exact) mass is 328 g/mol. The van der Waals surface area contributed by atoms with Crippen molar-refractivity contribution in [2.45, 2.75) is 38.2 Å². The van der Waals surface area contributed by atoms with Crippen LogP contribution in [0.2, 0.25) is 5.02 Å². The van der Waals surface area contributed by atoms with Gasteiger partial charge >= 0.3 is 6.03 Å². The van der Waals surface area contributed by atoms with E-state index in [1.165, 1.54) is 6.07 Å². The molecule has 1 saturated carbocycles. The molecular weight excluding hydrogens is 307 g/mol. The molecule has 0 spiro atoms. The lowest BCUT2D eigenvalue weighted by Gasteiger charge is -2.25. The third-order valence-electron chi connectivity index (χ3n) is 4.03. The Morgan fingerprint density at radius 3 is 2.91 bits per heavy atom. The summed E-state index contributed by atoms with van der Waals surface area (Å²) < 4.78 is 13.6. The van der Waals surface area contributed by atoms with Crippen LogP contribution in [-0.2, 0) is 6.42 Å². The third-order valence-corrected chi connectivity index (χ3v) is 4.38. The molecule has 2 atom stereocenters. The van der Waals surface area contributed by atoms with Crippen molar-refractivity contribution in [1.29, 1.82) is 0 Å². The molecule has 0 aromatic heterocycles. The Balaban J connectivity index is 1.67. The van der Waals surface area contributed by atoms with Gasteiger partial charge in [0.25, 0.3) is 0 Å². The van der Waals surface area contributed by atoms with Gasteiger partial charge in [-0.2, -0.15) is 0 Å². The minimum absolute atomic E-state index is 0.244. The molecule has 0 bridgehead atoms. The second kappa shape index (κ2) is 8.34. The van der Waals surface area contributed by atoms with Crippen molar-refractivity contribution in [3.05, 3.63) is 34.6 Å². The van der Waals surface area contributed by atoms with Gasteiger partial charge in [0.1, 0.15) is 5.82 Å². The molecule has 1 aliphatic rings. The second-order valence-corrected chi connectivity index (χ2v) is 6.18. The molecule has 1 aliphatic carbocycles. The largest absolute Gasteiger partial charge is 0.393 e. The molecule has 4 nitrogen and oxygen atoms in total. The van der Waals surface area contributed by atoms with E-state index in [-0.39, 0.29) is 18.0 Å². The van der Waals surface area contributed by atoms with E-state index in [4.69, 9.17) is 11.6 Å². The molecule has 22 heavy (non-hydrogen) atoms. The topological polar surface area (TPSA) is 61.4 Å². The highest BCUT2D eigenvalue weighted by molar-refractivity contribution is 6.31. The standard InChI is InChI=1S/C16H22ClFN2O2/c17-14-5-2-6-15(18)13(14)7-8-19-16(22)20-10-11-3-1-4-12(21)9-11/h2,5-6,11-12,21H,1,3-4,7-10H2,(H2,19,20,22)/t11-,12-/m1/s1. The first-order valence-electron chi connectivity index (χ1n) is 7.69. The number of urea groups is 1. The summed E-state index contributed by atoms with van der Waals surface area (Å²) in [7, 11) is 0. The van der Waals surface area contributed by atoms with Crippen molar-refractivity contribution in [1.82, 2.24) is 10.6 Å². The van der Waals surface area contributed by atoms with Gasteiger partial charge in [-0.25, -0.2) is 9.18 Å². The number of aliphatic hydroxyl groups excluding tert-OH is 1. The van der Waals surface area contributed by atoms with E-state index in [9.17, 15) is 14.3 Å². The van der Waals surface area contributed by atoms with Crippen molar-refractivity contribution in [3.63, 3.8) is 0 Å². The quantitative estimate of drug-likeness (QED) is 0.778. The van der Waals surface area contributed by atoms with Crippen LogP contribution in [0.4, 0.5) is 9.18 Å². The van der Waals surface area contributed by atoms with Crippen molar-refractivity contribution in [3.8, 4) is 0 Å². The highest BCUT2D eigenvalue weighted by Gasteiger charge is 2.20. The van der Waals surface area contributed by atoms with Crippen LogP contribution in [0.5, 0.6) is 0 Å². The summed E-state index contributed by atoms with van der Waals surface area (Å²) in [5.74, 6) is -0.0265. The fraction of sp³-hybridized carbons (Fsp3) is 0.562. The lowest BCUT2D eigenvalue weighted by atomic mass is 9.87. The molecule has 2 amide bonds. The average Bonchev–Trinajstić information content (AvgIpc) is 2.48. The SMILES string of the molecule is O=C(NCCc1c(F)cccc1Cl)NC[C@@H]1CCC[C@@H](O)C1. The summed E-state index contributed by atoms with van der Waals surface area (Å²) in [5, 5.41) is 15.5. The summed E-state index contributed by atoms with van der Waals surface area (Å²) in [6.07, 6.45) is 3.73. The Morgan fingerprint density at radius 2 is 2.18 bits per heavy atom. The summed E-state index contributed by atoms with van der Waals surface area (Å²) in [5.41, 5.74) is 0.417. The maximum absolute atomic E-state index is 13.6. The van der Waals surface area contributed by atoms with Gasteiger partial charge in [0.05, 0.1) is 6.10 Å². The number of halogens is 2. The van der Waals surface area contributed by atoms with Crippen LogP contribution in [0, 0.1) is 11.7 Å². The first-order chi connectivity index (χ1) is 10.6. The zero-order chi connectivity index (χ0) is 15.9. The predicted molar refractivity (Wildman–Crippen MR) is 84.5 cm³/mol. The fourth-order valence-corrected chi connectivity index (χ4v) is 3.08. The van der Waals surface area contributed by atoms with Crippen LogP contribution in [0.3, 0.4) is 0 Å². The molecule has 6 heteroatoms. The van der Waals surface area contributed by atoms with Gasteiger partial charge in [-0.1, -0.05) is 24.1 Å².